The molecule has 20 heavy (non-hydrogen) atoms. The Morgan fingerprint density at radius 3 is 3.15 bits per heavy atom. The number of nitrogens with one attached hydrogen (secondary N) is 1. The van der Waals surface area contributed by atoms with Gasteiger partial charge < -0.3 is 9.88 Å². The van der Waals surface area contributed by atoms with Crippen LogP contribution in [0.15, 0.2) is 0 Å². The average molecular weight is 311 g/mol. The highest BCUT2D eigenvalue weighted by Gasteiger charge is 2.36. The molecule has 0 saturated carbocycles. The summed E-state index contributed by atoms with van der Waals surface area (Å²) in [6, 6.07) is -0.184. The third-order valence-corrected chi connectivity index (χ3v) is 4.69. The maximum Gasteiger partial charge on any atom is 0.251 e. The van der Waals surface area contributed by atoms with Crippen LogP contribution >= 0.6 is 24.0 Å². The number of rotatable bonds is 5. The molecule has 3 heterocycles. The molecule has 1 atom stereocenters. The minimum atomic E-state index is -0.184. The number of carbonyl (C=O) groups excluding carboxylic acids is 1. The van der Waals surface area contributed by atoms with E-state index in [2.05, 4.69) is 20.1 Å². The molecule has 1 aromatic rings. The molecule has 1 amide bonds. The van der Waals surface area contributed by atoms with E-state index < -0.39 is 0 Å². The third-order valence-electron chi connectivity index (χ3n) is 3.70. The zero-order chi connectivity index (χ0) is 14.1. The van der Waals surface area contributed by atoms with Crippen LogP contribution in [0.5, 0.6) is 0 Å². The summed E-state index contributed by atoms with van der Waals surface area (Å²) in [5.41, 5.74) is 0. The molecular weight excluding hydrogens is 294 g/mol. The second-order valence-corrected chi connectivity index (χ2v) is 6.37. The Morgan fingerprint density at radius 2 is 2.35 bits per heavy atom. The second kappa shape index (κ2) is 5.69. The van der Waals surface area contributed by atoms with E-state index in [0.29, 0.717) is 11.7 Å². The van der Waals surface area contributed by atoms with Crippen LogP contribution in [-0.4, -0.2) is 48.7 Å². The van der Waals surface area contributed by atoms with Gasteiger partial charge in [-0.2, -0.15) is 11.8 Å². The number of aromatic nitrogens is 3. The SMILES string of the molecule is CSCC[C@H]1NC(=S)N(Cc2nnc3n2CCC3)C1=O. The van der Waals surface area contributed by atoms with Crippen molar-refractivity contribution in [3.8, 4) is 0 Å². The number of thiocarbonyl (C=S) groups is 1. The molecule has 0 aromatic carbocycles. The van der Waals surface area contributed by atoms with Crippen molar-refractivity contribution in [1.29, 1.82) is 0 Å². The smallest absolute Gasteiger partial charge is 0.251 e. The summed E-state index contributed by atoms with van der Waals surface area (Å²) in [4.78, 5) is 14.0. The number of nitrogens with zero attached hydrogens (tertiary/aromatic N) is 4. The molecule has 6 nitrogen and oxygen atoms in total. The first-order valence-corrected chi connectivity index (χ1v) is 8.52. The summed E-state index contributed by atoms with van der Waals surface area (Å²) >= 11 is 7.01. The molecule has 0 bridgehead atoms. The quantitative estimate of drug-likeness (QED) is 0.802. The number of carbonyl (C=O) groups is 1. The van der Waals surface area contributed by atoms with Crippen molar-refractivity contribution >= 4 is 35.0 Å². The summed E-state index contributed by atoms with van der Waals surface area (Å²) in [7, 11) is 0. The van der Waals surface area contributed by atoms with E-state index in [-0.39, 0.29) is 11.9 Å². The molecule has 2 aliphatic heterocycles. The lowest BCUT2D eigenvalue weighted by atomic mass is 10.2. The highest BCUT2D eigenvalue weighted by Crippen LogP contribution is 2.18. The zero-order valence-corrected chi connectivity index (χ0v) is 13.0. The van der Waals surface area contributed by atoms with Crippen molar-refractivity contribution in [3.05, 3.63) is 11.6 Å². The lowest BCUT2D eigenvalue weighted by Crippen LogP contribution is -2.32. The summed E-state index contributed by atoms with van der Waals surface area (Å²) < 4.78 is 2.10. The van der Waals surface area contributed by atoms with Crippen LogP contribution in [0.3, 0.4) is 0 Å². The fraction of sp³-hybridized carbons (Fsp3) is 0.667. The van der Waals surface area contributed by atoms with E-state index in [9.17, 15) is 4.79 Å². The fourth-order valence-electron chi connectivity index (χ4n) is 2.63. The van der Waals surface area contributed by atoms with E-state index >= 15 is 0 Å². The molecule has 1 fully saturated rings. The van der Waals surface area contributed by atoms with Crippen LogP contribution in [0.25, 0.3) is 0 Å². The van der Waals surface area contributed by atoms with Gasteiger partial charge in [-0.25, -0.2) is 0 Å². The Kier molecular flexibility index (Phi) is 3.93. The minimum Gasteiger partial charge on any atom is -0.350 e. The van der Waals surface area contributed by atoms with Crippen molar-refractivity contribution in [1.82, 2.24) is 25.0 Å². The van der Waals surface area contributed by atoms with Crippen molar-refractivity contribution in [2.75, 3.05) is 12.0 Å². The van der Waals surface area contributed by atoms with E-state index in [1.165, 1.54) is 0 Å². The lowest BCUT2D eigenvalue weighted by Gasteiger charge is -2.14. The predicted molar refractivity (Wildman–Crippen MR) is 81.4 cm³/mol. The molecule has 0 spiro atoms. The molecular formula is C12H17N5OS2. The first-order valence-electron chi connectivity index (χ1n) is 6.72. The van der Waals surface area contributed by atoms with Crippen LogP contribution in [-0.2, 0) is 24.3 Å². The van der Waals surface area contributed by atoms with Crippen LogP contribution in [0.1, 0.15) is 24.5 Å². The summed E-state index contributed by atoms with van der Waals surface area (Å²) in [5, 5.41) is 12.0. The molecule has 0 unspecified atom stereocenters. The first kappa shape index (κ1) is 13.8. The Morgan fingerprint density at radius 1 is 1.50 bits per heavy atom. The van der Waals surface area contributed by atoms with Crippen molar-refractivity contribution in [3.63, 3.8) is 0 Å². The average Bonchev–Trinajstić information content (AvgIpc) is 3.09. The predicted octanol–water partition coefficient (Wildman–Crippen LogP) is 0.563. The normalized spacial score (nSPS) is 21.4. The third kappa shape index (κ3) is 2.42. The molecule has 8 heteroatoms. The first-order chi connectivity index (χ1) is 9.70. The number of aryl methyl sites for hydroxylation is 1. The Balaban J connectivity index is 1.70. The number of thioether (sulfide) groups is 1. The Bertz CT molecular complexity index is 544. The minimum absolute atomic E-state index is 0.0550. The van der Waals surface area contributed by atoms with Crippen LogP contribution in [0.4, 0.5) is 0 Å². The standard InChI is InChI=1S/C12H17N5OS2/c1-20-6-4-8-11(18)17(12(19)13-8)7-10-15-14-9-3-2-5-16(9)10/h8H,2-7H2,1H3,(H,13,19)/t8-/m1/s1. The van der Waals surface area contributed by atoms with E-state index in [1.807, 2.05) is 6.26 Å². The second-order valence-electron chi connectivity index (χ2n) is 5.00. The number of hydrogen-bond acceptors (Lipinski definition) is 5. The fourth-order valence-corrected chi connectivity index (χ4v) is 3.40. The summed E-state index contributed by atoms with van der Waals surface area (Å²) in [6.07, 6.45) is 4.91. The number of fused-ring (bicyclic) bond motifs is 1. The maximum absolute atomic E-state index is 12.4. The van der Waals surface area contributed by atoms with Gasteiger partial charge in [0.25, 0.3) is 5.91 Å². The lowest BCUT2D eigenvalue weighted by molar-refractivity contribution is -0.127. The summed E-state index contributed by atoms with van der Waals surface area (Å²) in [5.74, 6) is 2.85. The van der Waals surface area contributed by atoms with Crippen LogP contribution in [0, 0.1) is 0 Å². The molecule has 2 aliphatic rings. The van der Waals surface area contributed by atoms with Gasteiger partial charge in [-0.3, -0.25) is 9.69 Å². The molecule has 1 N–H and O–H groups in total. The van der Waals surface area contributed by atoms with Crippen LogP contribution in [0.2, 0.25) is 0 Å². The highest BCUT2D eigenvalue weighted by molar-refractivity contribution is 7.98. The van der Waals surface area contributed by atoms with Gasteiger partial charge in [0.15, 0.2) is 10.9 Å². The largest absolute Gasteiger partial charge is 0.350 e. The molecule has 0 radical (unpaired) electrons. The topological polar surface area (TPSA) is 63.0 Å². The molecule has 0 aliphatic carbocycles. The molecule has 3 rings (SSSR count). The van der Waals surface area contributed by atoms with Gasteiger partial charge in [-0.05, 0) is 37.1 Å². The van der Waals surface area contributed by atoms with E-state index in [0.717, 1.165) is 43.2 Å². The van der Waals surface area contributed by atoms with Crippen molar-refractivity contribution in [2.45, 2.75) is 38.4 Å². The Labute approximate surface area is 127 Å². The summed E-state index contributed by atoms with van der Waals surface area (Å²) in [6.45, 7) is 1.36. The van der Waals surface area contributed by atoms with Gasteiger partial charge >= 0.3 is 0 Å². The van der Waals surface area contributed by atoms with Crippen molar-refractivity contribution < 1.29 is 4.79 Å². The van der Waals surface area contributed by atoms with E-state index in [1.54, 1.807) is 16.7 Å². The van der Waals surface area contributed by atoms with Crippen molar-refractivity contribution in [2.24, 2.45) is 0 Å². The highest BCUT2D eigenvalue weighted by atomic mass is 32.2. The Hall–Kier alpha value is -1.15. The van der Waals surface area contributed by atoms with Gasteiger partial charge in [0, 0.05) is 13.0 Å². The number of hydrogen-bond donors (Lipinski definition) is 1. The van der Waals surface area contributed by atoms with Gasteiger partial charge in [-0.1, -0.05) is 0 Å². The van der Waals surface area contributed by atoms with Gasteiger partial charge in [0.1, 0.15) is 11.9 Å². The molecule has 1 saturated heterocycles. The van der Waals surface area contributed by atoms with Crippen LogP contribution < -0.4 is 5.32 Å². The van der Waals surface area contributed by atoms with E-state index in [4.69, 9.17) is 12.2 Å². The van der Waals surface area contributed by atoms with Gasteiger partial charge in [0.2, 0.25) is 0 Å². The number of amides is 1. The van der Waals surface area contributed by atoms with Gasteiger partial charge in [0.05, 0.1) is 6.54 Å². The van der Waals surface area contributed by atoms with Gasteiger partial charge in [-0.15, -0.1) is 10.2 Å². The zero-order valence-electron chi connectivity index (χ0n) is 11.3. The maximum atomic E-state index is 12.4. The monoisotopic (exact) mass is 311 g/mol. The molecule has 108 valence electrons. The molecule has 1 aromatic heterocycles.